The minimum Gasteiger partial charge on any atom is -0.336 e. The number of carbonyl (C=O) groups is 2. The van der Waals surface area contributed by atoms with Gasteiger partial charge in [-0.15, -0.1) is 12.4 Å². The summed E-state index contributed by atoms with van der Waals surface area (Å²) in [7, 11) is 1.88. The Labute approximate surface area is 157 Å². The number of anilines is 1. The van der Waals surface area contributed by atoms with Crippen LogP contribution in [0, 0.1) is 5.82 Å². The van der Waals surface area contributed by atoms with Gasteiger partial charge in [0.25, 0.3) is 5.91 Å². The van der Waals surface area contributed by atoms with Gasteiger partial charge in [-0.05, 0) is 18.2 Å². The van der Waals surface area contributed by atoms with E-state index in [-0.39, 0.29) is 30.0 Å². The number of hydrogen-bond donors (Lipinski definition) is 2. The summed E-state index contributed by atoms with van der Waals surface area (Å²) in [5, 5.41) is 5.67. The summed E-state index contributed by atoms with van der Waals surface area (Å²) in [5.41, 5.74) is 0.327. The molecule has 2 aromatic rings. The fraction of sp³-hybridized carbons (Fsp3) is 0.353. The van der Waals surface area contributed by atoms with Crippen LogP contribution < -0.4 is 10.6 Å². The number of halogens is 2. The summed E-state index contributed by atoms with van der Waals surface area (Å²) < 4.78 is 15.7. The van der Waals surface area contributed by atoms with Crippen LogP contribution in [0.2, 0.25) is 0 Å². The molecule has 9 heteroatoms. The Morgan fingerprint density at radius 2 is 2.15 bits per heavy atom. The van der Waals surface area contributed by atoms with Crippen LogP contribution in [-0.4, -0.2) is 45.9 Å². The number of nitrogens with one attached hydrogen (secondary N) is 2. The molecule has 2 heterocycles. The maximum atomic E-state index is 13.8. The van der Waals surface area contributed by atoms with E-state index in [1.165, 1.54) is 25.1 Å². The highest BCUT2D eigenvalue weighted by Crippen LogP contribution is 2.24. The summed E-state index contributed by atoms with van der Waals surface area (Å²) in [5.74, 6) is -0.407. The molecule has 2 amide bonds. The number of benzene rings is 1. The fourth-order valence-electron chi connectivity index (χ4n) is 2.99. The van der Waals surface area contributed by atoms with Gasteiger partial charge < -0.3 is 20.1 Å². The Morgan fingerprint density at radius 3 is 2.81 bits per heavy atom. The van der Waals surface area contributed by atoms with E-state index < -0.39 is 11.7 Å². The molecule has 0 saturated carbocycles. The number of carbonyl (C=O) groups excluding carboxylic acids is 2. The fourth-order valence-corrected chi connectivity index (χ4v) is 2.99. The zero-order valence-electron chi connectivity index (χ0n) is 14.5. The van der Waals surface area contributed by atoms with Crippen molar-refractivity contribution in [2.24, 2.45) is 7.05 Å². The van der Waals surface area contributed by atoms with E-state index in [0.717, 1.165) is 5.82 Å². The van der Waals surface area contributed by atoms with E-state index in [1.54, 1.807) is 11.1 Å². The number of hydrogen-bond acceptors (Lipinski definition) is 4. The lowest BCUT2D eigenvalue weighted by atomic mass is 10.1. The van der Waals surface area contributed by atoms with Crippen molar-refractivity contribution < 1.29 is 14.0 Å². The number of aryl methyl sites for hydroxylation is 1. The molecule has 0 spiro atoms. The SMILES string of the molecule is CC(=O)Nc1cc(C(=O)N2CCNCC2c2nccn2C)ccc1F.Cl. The van der Waals surface area contributed by atoms with Crippen LogP contribution in [0.5, 0.6) is 0 Å². The third-order valence-corrected chi connectivity index (χ3v) is 4.18. The van der Waals surface area contributed by atoms with Gasteiger partial charge in [0.05, 0.1) is 5.69 Å². The smallest absolute Gasteiger partial charge is 0.254 e. The number of nitrogens with zero attached hydrogens (tertiary/aromatic N) is 3. The maximum Gasteiger partial charge on any atom is 0.254 e. The number of imidazole rings is 1. The Balaban J connectivity index is 0.00000243. The highest BCUT2D eigenvalue weighted by atomic mass is 35.5. The third kappa shape index (κ3) is 4.03. The van der Waals surface area contributed by atoms with Gasteiger partial charge in [0.15, 0.2) is 0 Å². The quantitative estimate of drug-likeness (QED) is 0.848. The van der Waals surface area contributed by atoms with Crippen molar-refractivity contribution in [1.29, 1.82) is 0 Å². The third-order valence-electron chi connectivity index (χ3n) is 4.18. The Hall–Kier alpha value is -2.45. The van der Waals surface area contributed by atoms with Crippen molar-refractivity contribution in [3.63, 3.8) is 0 Å². The monoisotopic (exact) mass is 381 g/mol. The van der Waals surface area contributed by atoms with Crippen LogP contribution in [0.1, 0.15) is 29.1 Å². The Bertz CT molecular complexity index is 810. The van der Waals surface area contributed by atoms with Gasteiger partial charge in [-0.2, -0.15) is 0 Å². The van der Waals surface area contributed by atoms with E-state index in [4.69, 9.17) is 0 Å². The van der Waals surface area contributed by atoms with Crippen molar-refractivity contribution in [2.75, 3.05) is 25.0 Å². The first kappa shape index (κ1) is 19.9. The molecule has 0 bridgehead atoms. The summed E-state index contributed by atoms with van der Waals surface area (Å²) in [6.07, 6.45) is 3.53. The predicted molar refractivity (Wildman–Crippen MR) is 97.8 cm³/mol. The zero-order valence-corrected chi connectivity index (χ0v) is 15.3. The molecular weight excluding hydrogens is 361 g/mol. The van der Waals surface area contributed by atoms with E-state index in [0.29, 0.717) is 25.2 Å². The molecule has 1 aliphatic rings. The minimum absolute atomic E-state index is 0. The molecule has 1 aliphatic heterocycles. The number of piperazine rings is 1. The second-order valence-electron chi connectivity index (χ2n) is 5.99. The topological polar surface area (TPSA) is 79.3 Å². The zero-order chi connectivity index (χ0) is 18.0. The molecule has 2 N–H and O–H groups in total. The Kier molecular flexibility index (Phi) is 6.33. The van der Waals surface area contributed by atoms with Crippen LogP contribution in [0.4, 0.5) is 10.1 Å². The average Bonchev–Trinajstić information content (AvgIpc) is 3.01. The lowest BCUT2D eigenvalue weighted by molar-refractivity contribution is -0.114. The van der Waals surface area contributed by atoms with E-state index in [1.807, 2.05) is 17.8 Å². The van der Waals surface area contributed by atoms with E-state index >= 15 is 0 Å². The van der Waals surface area contributed by atoms with Crippen LogP contribution in [-0.2, 0) is 11.8 Å². The maximum absolute atomic E-state index is 13.8. The van der Waals surface area contributed by atoms with Crippen LogP contribution >= 0.6 is 12.4 Å². The van der Waals surface area contributed by atoms with Crippen molar-refractivity contribution in [3.8, 4) is 0 Å². The van der Waals surface area contributed by atoms with Gasteiger partial charge in [0, 0.05) is 51.6 Å². The highest BCUT2D eigenvalue weighted by Gasteiger charge is 2.31. The molecule has 1 aromatic carbocycles. The van der Waals surface area contributed by atoms with Crippen LogP contribution in [0.15, 0.2) is 30.6 Å². The molecule has 1 fully saturated rings. The van der Waals surface area contributed by atoms with Gasteiger partial charge in [-0.1, -0.05) is 0 Å². The first-order valence-electron chi connectivity index (χ1n) is 8.03. The summed E-state index contributed by atoms with van der Waals surface area (Å²) in [6, 6.07) is 3.78. The van der Waals surface area contributed by atoms with E-state index in [2.05, 4.69) is 15.6 Å². The molecule has 1 saturated heterocycles. The van der Waals surface area contributed by atoms with Crippen molar-refractivity contribution in [3.05, 3.63) is 47.8 Å². The first-order valence-corrected chi connectivity index (χ1v) is 8.03. The lowest BCUT2D eigenvalue weighted by Gasteiger charge is -2.35. The van der Waals surface area contributed by atoms with Crippen molar-refractivity contribution >= 4 is 29.9 Å². The second kappa shape index (κ2) is 8.29. The molecule has 1 atom stereocenters. The Morgan fingerprint density at radius 1 is 1.38 bits per heavy atom. The van der Waals surface area contributed by atoms with Crippen molar-refractivity contribution in [2.45, 2.75) is 13.0 Å². The van der Waals surface area contributed by atoms with Crippen LogP contribution in [0.25, 0.3) is 0 Å². The summed E-state index contributed by atoms with van der Waals surface area (Å²) in [6.45, 7) is 3.08. The van der Waals surface area contributed by atoms with Gasteiger partial charge >= 0.3 is 0 Å². The molecule has 140 valence electrons. The average molecular weight is 382 g/mol. The number of aromatic nitrogens is 2. The second-order valence-corrected chi connectivity index (χ2v) is 5.99. The number of amides is 2. The molecule has 1 aromatic heterocycles. The van der Waals surface area contributed by atoms with Crippen molar-refractivity contribution in [1.82, 2.24) is 19.8 Å². The largest absolute Gasteiger partial charge is 0.336 e. The summed E-state index contributed by atoms with van der Waals surface area (Å²) >= 11 is 0. The van der Waals surface area contributed by atoms with Crippen LogP contribution in [0.3, 0.4) is 0 Å². The van der Waals surface area contributed by atoms with E-state index in [9.17, 15) is 14.0 Å². The molecule has 0 aliphatic carbocycles. The summed E-state index contributed by atoms with van der Waals surface area (Å²) in [4.78, 5) is 30.3. The lowest BCUT2D eigenvalue weighted by Crippen LogP contribution is -2.49. The molecular formula is C17H21ClFN5O2. The standard InChI is InChI=1S/C17H20FN5O2.ClH/c1-11(24)21-14-9-12(3-4-13(14)18)17(25)23-8-5-19-10-15(23)16-20-6-7-22(16)2;/h3-4,6-7,9,15,19H,5,8,10H2,1-2H3,(H,21,24);1H. The molecule has 26 heavy (non-hydrogen) atoms. The first-order chi connectivity index (χ1) is 12.0. The normalized spacial score (nSPS) is 16.7. The predicted octanol–water partition coefficient (Wildman–Crippen LogP) is 1.73. The molecule has 3 rings (SSSR count). The van der Waals surface area contributed by atoms with Gasteiger partial charge in [0.2, 0.25) is 5.91 Å². The minimum atomic E-state index is -0.576. The highest BCUT2D eigenvalue weighted by molar-refractivity contribution is 5.97. The molecule has 0 radical (unpaired) electrons. The molecule has 7 nitrogen and oxygen atoms in total. The van der Waals surface area contributed by atoms with Gasteiger partial charge in [-0.25, -0.2) is 9.37 Å². The van der Waals surface area contributed by atoms with Gasteiger partial charge in [0.1, 0.15) is 17.7 Å². The molecule has 1 unspecified atom stereocenters. The van der Waals surface area contributed by atoms with Gasteiger partial charge in [-0.3, -0.25) is 9.59 Å². The number of rotatable bonds is 3.